The summed E-state index contributed by atoms with van der Waals surface area (Å²) in [5.41, 5.74) is 1.65. The van der Waals surface area contributed by atoms with Crippen LogP contribution in [0.5, 0.6) is 0 Å². The lowest BCUT2D eigenvalue weighted by Crippen LogP contribution is -2.12. The molecule has 1 aromatic carbocycles. The highest BCUT2D eigenvalue weighted by Crippen LogP contribution is 2.33. The van der Waals surface area contributed by atoms with Gasteiger partial charge >= 0.3 is 0 Å². The van der Waals surface area contributed by atoms with Crippen LogP contribution in [0.4, 0.5) is 10.7 Å². The fraction of sp³-hybridized carbons (Fsp3) is 0.250. The van der Waals surface area contributed by atoms with E-state index in [1.807, 2.05) is 37.3 Å². The normalized spacial score (nSPS) is 13.7. The lowest BCUT2D eigenvalue weighted by atomic mass is 10.2. The number of amides is 2. The Morgan fingerprint density at radius 1 is 1.23 bits per heavy atom. The molecule has 1 heterocycles. The Morgan fingerprint density at radius 2 is 2.00 bits per heavy atom. The second-order valence-electron chi connectivity index (χ2n) is 5.35. The zero-order chi connectivity index (χ0) is 15.7. The van der Waals surface area contributed by atoms with Crippen LogP contribution in [0.3, 0.4) is 0 Å². The molecule has 1 aromatic heterocycles. The summed E-state index contributed by atoms with van der Waals surface area (Å²) in [5.74, 6) is 0.0771. The fourth-order valence-corrected chi connectivity index (χ4v) is 3.61. The molecule has 2 amide bonds. The molecule has 0 saturated heterocycles. The van der Waals surface area contributed by atoms with E-state index in [-0.39, 0.29) is 17.7 Å². The Balaban J connectivity index is 1.72. The molecule has 0 aliphatic heterocycles. The number of hydrogen-bond acceptors (Lipinski definition) is 3. The number of halogens is 1. The van der Waals surface area contributed by atoms with Crippen molar-refractivity contribution < 1.29 is 9.59 Å². The van der Waals surface area contributed by atoms with Crippen molar-refractivity contribution in [1.29, 1.82) is 0 Å². The molecular weight excluding hydrogens is 411 g/mol. The number of carbonyl (C=O) groups is 2. The van der Waals surface area contributed by atoms with Gasteiger partial charge in [-0.05, 0) is 72.2 Å². The molecule has 1 saturated carbocycles. The molecule has 1 aliphatic carbocycles. The van der Waals surface area contributed by atoms with Crippen molar-refractivity contribution in [2.75, 3.05) is 10.6 Å². The molecule has 0 radical (unpaired) electrons. The summed E-state index contributed by atoms with van der Waals surface area (Å²) in [6.45, 7) is 1.88. The number of nitrogens with one attached hydrogen (secondary N) is 2. The smallest absolute Gasteiger partial charge is 0.266 e. The molecule has 3 rings (SSSR count). The van der Waals surface area contributed by atoms with Gasteiger partial charge in [-0.25, -0.2) is 0 Å². The fourth-order valence-electron chi connectivity index (χ4n) is 2.09. The molecule has 0 atom stereocenters. The monoisotopic (exact) mass is 426 g/mol. The summed E-state index contributed by atoms with van der Waals surface area (Å²) in [6.07, 6.45) is 1.94. The van der Waals surface area contributed by atoms with Crippen LogP contribution in [0.1, 0.15) is 28.1 Å². The van der Waals surface area contributed by atoms with Gasteiger partial charge in [-0.2, -0.15) is 0 Å². The van der Waals surface area contributed by atoms with E-state index < -0.39 is 0 Å². The number of aryl methyl sites for hydroxylation is 1. The molecular formula is C16H15IN2O2S. The Labute approximate surface area is 146 Å². The predicted molar refractivity (Wildman–Crippen MR) is 97.5 cm³/mol. The SMILES string of the molecule is Cc1cc(NC(=O)C2CC2)sc1C(=O)Nc1cccc(I)c1. The summed E-state index contributed by atoms with van der Waals surface area (Å²) in [7, 11) is 0. The molecule has 114 valence electrons. The molecule has 2 aromatic rings. The average Bonchev–Trinajstić information content (AvgIpc) is 3.23. The second-order valence-corrected chi connectivity index (χ2v) is 7.65. The van der Waals surface area contributed by atoms with Gasteiger partial charge in [0, 0.05) is 15.2 Å². The van der Waals surface area contributed by atoms with Crippen LogP contribution in [0.25, 0.3) is 0 Å². The maximum Gasteiger partial charge on any atom is 0.266 e. The first-order valence-corrected chi connectivity index (χ1v) is 8.90. The third-order valence-corrected chi connectivity index (χ3v) is 5.22. The van der Waals surface area contributed by atoms with Crippen LogP contribution in [0.15, 0.2) is 30.3 Å². The summed E-state index contributed by atoms with van der Waals surface area (Å²) in [5, 5.41) is 6.53. The van der Waals surface area contributed by atoms with Crippen LogP contribution in [-0.4, -0.2) is 11.8 Å². The largest absolute Gasteiger partial charge is 0.321 e. The van der Waals surface area contributed by atoms with Crippen LogP contribution < -0.4 is 10.6 Å². The Kier molecular flexibility index (Phi) is 4.49. The maximum atomic E-state index is 12.4. The van der Waals surface area contributed by atoms with E-state index in [1.165, 1.54) is 11.3 Å². The lowest BCUT2D eigenvalue weighted by Gasteiger charge is -2.04. The average molecular weight is 426 g/mol. The highest BCUT2D eigenvalue weighted by Gasteiger charge is 2.30. The van der Waals surface area contributed by atoms with Gasteiger partial charge in [-0.15, -0.1) is 11.3 Å². The summed E-state index contributed by atoms with van der Waals surface area (Å²) >= 11 is 3.53. The molecule has 6 heteroatoms. The van der Waals surface area contributed by atoms with E-state index in [0.29, 0.717) is 4.88 Å². The zero-order valence-electron chi connectivity index (χ0n) is 12.0. The minimum atomic E-state index is -0.142. The first-order valence-electron chi connectivity index (χ1n) is 7.01. The van der Waals surface area contributed by atoms with E-state index in [1.54, 1.807) is 0 Å². The Morgan fingerprint density at radius 3 is 2.68 bits per heavy atom. The molecule has 0 unspecified atom stereocenters. The van der Waals surface area contributed by atoms with Crippen LogP contribution in [0, 0.1) is 16.4 Å². The Hall–Kier alpha value is -1.41. The van der Waals surface area contributed by atoms with Gasteiger partial charge in [0.05, 0.1) is 9.88 Å². The number of hydrogen-bond donors (Lipinski definition) is 2. The molecule has 2 N–H and O–H groups in total. The van der Waals surface area contributed by atoms with Crippen molar-refractivity contribution in [3.8, 4) is 0 Å². The predicted octanol–water partition coefficient (Wildman–Crippen LogP) is 4.26. The van der Waals surface area contributed by atoms with E-state index in [0.717, 1.165) is 32.7 Å². The number of thiophene rings is 1. The quantitative estimate of drug-likeness (QED) is 0.718. The lowest BCUT2D eigenvalue weighted by molar-refractivity contribution is -0.117. The van der Waals surface area contributed by atoms with Crippen molar-refractivity contribution in [3.63, 3.8) is 0 Å². The van der Waals surface area contributed by atoms with E-state index in [4.69, 9.17) is 0 Å². The number of benzene rings is 1. The van der Waals surface area contributed by atoms with Gasteiger partial charge in [0.25, 0.3) is 5.91 Å². The first kappa shape index (κ1) is 15.5. The van der Waals surface area contributed by atoms with Crippen molar-refractivity contribution >= 4 is 56.4 Å². The van der Waals surface area contributed by atoms with Gasteiger partial charge in [0.2, 0.25) is 5.91 Å². The first-order chi connectivity index (χ1) is 10.5. The molecule has 4 nitrogen and oxygen atoms in total. The van der Waals surface area contributed by atoms with Crippen molar-refractivity contribution in [2.45, 2.75) is 19.8 Å². The molecule has 22 heavy (non-hydrogen) atoms. The molecule has 1 aliphatic rings. The van der Waals surface area contributed by atoms with Crippen molar-refractivity contribution in [3.05, 3.63) is 44.3 Å². The van der Waals surface area contributed by atoms with Crippen LogP contribution >= 0.6 is 33.9 Å². The third kappa shape index (κ3) is 3.67. The second kappa shape index (κ2) is 6.37. The van der Waals surface area contributed by atoms with E-state index in [9.17, 15) is 9.59 Å². The van der Waals surface area contributed by atoms with Gasteiger partial charge in [0.1, 0.15) is 0 Å². The van der Waals surface area contributed by atoms with Crippen molar-refractivity contribution in [2.24, 2.45) is 5.92 Å². The van der Waals surface area contributed by atoms with Gasteiger partial charge < -0.3 is 10.6 Å². The van der Waals surface area contributed by atoms with Gasteiger partial charge in [-0.1, -0.05) is 6.07 Å². The minimum Gasteiger partial charge on any atom is -0.321 e. The third-order valence-electron chi connectivity index (χ3n) is 3.40. The maximum absolute atomic E-state index is 12.4. The standard InChI is InChI=1S/C16H15IN2O2S/c1-9-7-13(19-15(20)10-5-6-10)22-14(9)16(21)18-12-4-2-3-11(17)8-12/h2-4,7-8,10H,5-6H2,1H3,(H,18,21)(H,19,20). The summed E-state index contributed by atoms with van der Waals surface area (Å²) < 4.78 is 1.07. The van der Waals surface area contributed by atoms with Gasteiger partial charge in [-0.3, -0.25) is 9.59 Å². The molecule has 0 spiro atoms. The molecule has 1 fully saturated rings. The van der Waals surface area contributed by atoms with E-state index in [2.05, 4.69) is 33.2 Å². The summed E-state index contributed by atoms with van der Waals surface area (Å²) in [4.78, 5) is 24.8. The van der Waals surface area contributed by atoms with Gasteiger partial charge in [0.15, 0.2) is 0 Å². The van der Waals surface area contributed by atoms with Crippen molar-refractivity contribution in [1.82, 2.24) is 0 Å². The van der Waals surface area contributed by atoms with Crippen LogP contribution in [-0.2, 0) is 4.79 Å². The minimum absolute atomic E-state index is 0.0609. The highest BCUT2D eigenvalue weighted by atomic mass is 127. The number of anilines is 2. The highest BCUT2D eigenvalue weighted by molar-refractivity contribution is 14.1. The Bertz CT molecular complexity index is 737. The molecule has 0 bridgehead atoms. The number of carbonyl (C=O) groups excluding carboxylic acids is 2. The van der Waals surface area contributed by atoms with E-state index >= 15 is 0 Å². The topological polar surface area (TPSA) is 58.2 Å². The zero-order valence-corrected chi connectivity index (χ0v) is 15.0. The van der Waals surface area contributed by atoms with Crippen LogP contribution in [0.2, 0.25) is 0 Å². The summed E-state index contributed by atoms with van der Waals surface area (Å²) in [6, 6.07) is 9.50. The number of rotatable bonds is 4.